The van der Waals surface area contributed by atoms with Gasteiger partial charge < -0.3 is 15.5 Å². The first-order valence-corrected chi connectivity index (χ1v) is 11.6. The van der Waals surface area contributed by atoms with Crippen molar-refractivity contribution >= 4 is 28.6 Å². The molecule has 3 aromatic rings. The van der Waals surface area contributed by atoms with Crippen LogP contribution >= 0.6 is 0 Å². The molecular formula is C26H33N5O. The lowest BCUT2D eigenvalue weighted by molar-refractivity contribution is 0.0943. The average Bonchev–Trinajstić information content (AvgIpc) is 2.83. The molecule has 6 nitrogen and oxygen atoms in total. The van der Waals surface area contributed by atoms with E-state index in [0.717, 1.165) is 60.9 Å². The fourth-order valence-electron chi connectivity index (χ4n) is 4.39. The van der Waals surface area contributed by atoms with Gasteiger partial charge in [-0.1, -0.05) is 31.2 Å². The van der Waals surface area contributed by atoms with Gasteiger partial charge in [0, 0.05) is 37.6 Å². The average molecular weight is 432 g/mol. The molecule has 1 aromatic heterocycles. The summed E-state index contributed by atoms with van der Waals surface area (Å²) in [6.45, 7) is 2.85. The molecule has 0 atom stereocenters. The molecule has 4 rings (SSSR count). The third kappa shape index (κ3) is 5.18. The van der Waals surface area contributed by atoms with Crippen molar-refractivity contribution in [1.82, 2.24) is 15.3 Å². The molecule has 32 heavy (non-hydrogen) atoms. The van der Waals surface area contributed by atoms with Crippen LogP contribution in [0.4, 0.5) is 11.8 Å². The highest BCUT2D eigenvalue weighted by molar-refractivity contribution is 5.94. The van der Waals surface area contributed by atoms with Crippen molar-refractivity contribution in [3.8, 4) is 0 Å². The predicted molar refractivity (Wildman–Crippen MR) is 131 cm³/mol. The lowest BCUT2D eigenvalue weighted by atomic mass is 9.86. The maximum absolute atomic E-state index is 12.4. The number of fused-ring (bicyclic) bond motifs is 1. The molecule has 1 saturated carbocycles. The summed E-state index contributed by atoms with van der Waals surface area (Å²) < 4.78 is 0. The highest BCUT2D eigenvalue weighted by Gasteiger charge is 2.23. The van der Waals surface area contributed by atoms with Gasteiger partial charge in [0.2, 0.25) is 5.95 Å². The number of carbonyl (C=O) groups excluding carboxylic acids is 1. The molecule has 1 heterocycles. The monoisotopic (exact) mass is 431 g/mol. The van der Waals surface area contributed by atoms with Crippen LogP contribution in [0, 0.1) is 5.92 Å². The lowest BCUT2D eigenvalue weighted by Gasteiger charge is -2.29. The molecule has 0 aliphatic heterocycles. The first-order chi connectivity index (χ1) is 15.5. The number of aromatic nitrogens is 2. The van der Waals surface area contributed by atoms with E-state index < -0.39 is 0 Å². The number of nitrogens with one attached hydrogen (secondary N) is 2. The van der Waals surface area contributed by atoms with E-state index in [1.165, 1.54) is 5.56 Å². The summed E-state index contributed by atoms with van der Waals surface area (Å²) in [4.78, 5) is 24.0. The molecule has 2 aromatic carbocycles. The number of nitrogens with zero attached hydrogens (tertiary/aromatic N) is 3. The Bertz CT molecular complexity index is 1060. The van der Waals surface area contributed by atoms with Gasteiger partial charge in [0.15, 0.2) is 0 Å². The third-order valence-electron chi connectivity index (χ3n) is 6.36. The highest BCUT2D eigenvalue weighted by atomic mass is 16.1. The standard InChI is InChI=1S/C26H33N5O/c1-4-18-9-13-20(14-10-18)25(32)27-17-19-11-15-21(16-12-19)28-26-29-23-8-6-5-7-22(23)24(30-26)31(2)3/h5-10,13-14,19,21H,4,11-12,15-17H2,1-3H3,(H,27,32)(H,28,29,30). The van der Waals surface area contributed by atoms with Gasteiger partial charge in [-0.2, -0.15) is 4.98 Å². The van der Waals surface area contributed by atoms with E-state index in [-0.39, 0.29) is 5.91 Å². The first kappa shape index (κ1) is 22.1. The van der Waals surface area contributed by atoms with Crippen molar-refractivity contribution in [3.05, 3.63) is 59.7 Å². The van der Waals surface area contributed by atoms with Crippen molar-refractivity contribution in [2.75, 3.05) is 30.9 Å². The Labute approximate surface area is 190 Å². The number of anilines is 2. The van der Waals surface area contributed by atoms with Crippen molar-refractivity contribution in [3.63, 3.8) is 0 Å². The van der Waals surface area contributed by atoms with E-state index >= 15 is 0 Å². The molecule has 0 saturated heterocycles. The van der Waals surface area contributed by atoms with Gasteiger partial charge in [0.1, 0.15) is 5.82 Å². The molecule has 1 fully saturated rings. The minimum absolute atomic E-state index is 0.0219. The van der Waals surface area contributed by atoms with Gasteiger partial charge in [-0.05, 0) is 67.9 Å². The van der Waals surface area contributed by atoms with Crippen molar-refractivity contribution in [2.24, 2.45) is 5.92 Å². The van der Waals surface area contributed by atoms with Gasteiger partial charge in [-0.15, -0.1) is 0 Å². The van der Waals surface area contributed by atoms with E-state index in [2.05, 4.69) is 23.6 Å². The third-order valence-corrected chi connectivity index (χ3v) is 6.36. The number of amides is 1. The Balaban J connectivity index is 1.30. The summed E-state index contributed by atoms with van der Waals surface area (Å²) in [5, 5.41) is 7.74. The van der Waals surface area contributed by atoms with E-state index in [9.17, 15) is 4.79 Å². The highest BCUT2D eigenvalue weighted by Crippen LogP contribution is 2.28. The molecule has 1 amide bonds. The number of para-hydroxylation sites is 1. The SMILES string of the molecule is CCc1ccc(C(=O)NCC2CCC(Nc3nc(N(C)C)c4ccccc4n3)CC2)cc1. The van der Waals surface area contributed by atoms with E-state index in [0.29, 0.717) is 17.9 Å². The Morgan fingerprint density at radius 2 is 1.72 bits per heavy atom. The number of hydrogen-bond donors (Lipinski definition) is 2. The molecule has 2 N–H and O–H groups in total. The second-order valence-electron chi connectivity index (χ2n) is 8.90. The van der Waals surface area contributed by atoms with Gasteiger partial charge in [-0.25, -0.2) is 4.98 Å². The van der Waals surface area contributed by atoms with Crippen LogP contribution in [0.15, 0.2) is 48.5 Å². The number of rotatable bonds is 7. The van der Waals surface area contributed by atoms with Crippen molar-refractivity contribution < 1.29 is 4.79 Å². The smallest absolute Gasteiger partial charge is 0.251 e. The molecule has 0 bridgehead atoms. The Kier molecular flexibility index (Phi) is 6.88. The second-order valence-corrected chi connectivity index (χ2v) is 8.90. The van der Waals surface area contributed by atoms with Gasteiger partial charge in [0.05, 0.1) is 5.52 Å². The van der Waals surface area contributed by atoms with E-state index in [1.807, 2.05) is 61.5 Å². The summed E-state index contributed by atoms with van der Waals surface area (Å²) in [5.41, 5.74) is 2.94. The zero-order valence-electron chi connectivity index (χ0n) is 19.3. The molecule has 0 unspecified atom stereocenters. The minimum Gasteiger partial charge on any atom is -0.362 e. The number of benzene rings is 2. The maximum Gasteiger partial charge on any atom is 0.251 e. The summed E-state index contributed by atoms with van der Waals surface area (Å²) in [6.07, 6.45) is 5.26. The lowest BCUT2D eigenvalue weighted by Crippen LogP contribution is -2.34. The number of carbonyl (C=O) groups is 1. The second kappa shape index (κ2) is 9.98. The van der Waals surface area contributed by atoms with Crippen LogP contribution in [-0.2, 0) is 6.42 Å². The van der Waals surface area contributed by atoms with Crippen LogP contribution in [0.5, 0.6) is 0 Å². The van der Waals surface area contributed by atoms with Crippen molar-refractivity contribution in [2.45, 2.75) is 45.1 Å². The van der Waals surface area contributed by atoms with Crippen LogP contribution in [0.3, 0.4) is 0 Å². The molecule has 0 radical (unpaired) electrons. The predicted octanol–water partition coefficient (Wildman–Crippen LogP) is 4.66. The molecule has 1 aliphatic rings. The molecule has 6 heteroatoms. The van der Waals surface area contributed by atoms with Gasteiger partial charge >= 0.3 is 0 Å². The molecule has 168 valence electrons. The van der Waals surface area contributed by atoms with Crippen LogP contribution in [-0.4, -0.2) is 42.6 Å². The topological polar surface area (TPSA) is 70.2 Å². The summed E-state index contributed by atoms with van der Waals surface area (Å²) in [6, 6.07) is 16.4. The Hall–Kier alpha value is -3.15. The largest absolute Gasteiger partial charge is 0.362 e. The summed E-state index contributed by atoms with van der Waals surface area (Å²) in [5.74, 6) is 2.16. The first-order valence-electron chi connectivity index (χ1n) is 11.6. The maximum atomic E-state index is 12.4. The fourth-order valence-corrected chi connectivity index (χ4v) is 4.39. The molecular weight excluding hydrogens is 398 g/mol. The Morgan fingerprint density at radius 1 is 1.00 bits per heavy atom. The van der Waals surface area contributed by atoms with E-state index in [1.54, 1.807) is 0 Å². The summed E-state index contributed by atoms with van der Waals surface area (Å²) in [7, 11) is 4.02. The minimum atomic E-state index is 0.0219. The quantitative estimate of drug-likeness (QED) is 0.569. The number of hydrogen-bond acceptors (Lipinski definition) is 5. The zero-order valence-corrected chi connectivity index (χ0v) is 19.3. The molecule has 1 aliphatic carbocycles. The van der Waals surface area contributed by atoms with Crippen molar-refractivity contribution in [1.29, 1.82) is 0 Å². The van der Waals surface area contributed by atoms with Gasteiger partial charge in [0.25, 0.3) is 5.91 Å². The van der Waals surface area contributed by atoms with Crippen LogP contribution in [0.25, 0.3) is 10.9 Å². The van der Waals surface area contributed by atoms with Crippen LogP contribution in [0.2, 0.25) is 0 Å². The van der Waals surface area contributed by atoms with E-state index in [4.69, 9.17) is 9.97 Å². The number of aryl methyl sites for hydroxylation is 1. The molecule has 0 spiro atoms. The van der Waals surface area contributed by atoms with Crippen LogP contribution < -0.4 is 15.5 Å². The zero-order chi connectivity index (χ0) is 22.5. The summed E-state index contributed by atoms with van der Waals surface area (Å²) >= 11 is 0. The van der Waals surface area contributed by atoms with Gasteiger partial charge in [-0.3, -0.25) is 4.79 Å². The van der Waals surface area contributed by atoms with Crippen LogP contribution in [0.1, 0.15) is 48.5 Å². The normalized spacial score (nSPS) is 18.3. The fraction of sp³-hybridized carbons (Fsp3) is 0.423. The Morgan fingerprint density at radius 3 is 2.41 bits per heavy atom.